The van der Waals surface area contributed by atoms with Crippen molar-refractivity contribution in [2.24, 2.45) is 0 Å². The van der Waals surface area contributed by atoms with Gasteiger partial charge in [0, 0.05) is 12.7 Å². The van der Waals surface area contributed by atoms with Gasteiger partial charge in [-0.2, -0.15) is 0 Å². The molecule has 12 heavy (non-hydrogen) atoms. The van der Waals surface area contributed by atoms with Gasteiger partial charge in [-0.3, -0.25) is 0 Å². The molecule has 0 unspecified atom stereocenters. The molecule has 0 aliphatic rings. The van der Waals surface area contributed by atoms with Crippen LogP contribution in [-0.2, 0) is 6.54 Å². The Morgan fingerprint density at radius 1 is 1.67 bits per heavy atom. The first-order valence-electron chi connectivity index (χ1n) is 4.05. The minimum absolute atomic E-state index is 0.384. The van der Waals surface area contributed by atoms with Crippen LogP contribution in [0.1, 0.15) is 29.4 Å². The topological polar surface area (TPSA) is 42.2 Å². The lowest BCUT2D eigenvalue weighted by Gasteiger charge is -2.02. The van der Waals surface area contributed by atoms with E-state index in [9.17, 15) is 4.79 Å². The average molecular weight is 167 g/mol. The Hall–Kier alpha value is -1.25. The standard InChI is InChI=1S/C9H13NO2/c1-3-4-10-6-7(2)5-8(10)9(11)12/h5-6H,3-4H2,1-2H3,(H,11,12). The Morgan fingerprint density at radius 2 is 2.33 bits per heavy atom. The fourth-order valence-electron chi connectivity index (χ4n) is 1.26. The molecule has 66 valence electrons. The molecule has 0 spiro atoms. The number of aromatic carboxylic acids is 1. The van der Waals surface area contributed by atoms with Crippen LogP contribution < -0.4 is 0 Å². The van der Waals surface area contributed by atoms with Crippen molar-refractivity contribution < 1.29 is 9.90 Å². The lowest BCUT2D eigenvalue weighted by molar-refractivity contribution is 0.0685. The van der Waals surface area contributed by atoms with Crippen molar-refractivity contribution in [1.82, 2.24) is 4.57 Å². The number of nitrogens with zero attached hydrogens (tertiary/aromatic N) is 1. The largest absolute Gasteiger partial charge is 0.477 e. The van der Waals surface area contributed by atoms with Gasteiger partial charge in [0.05, 0.1) is 0 Å². The molecule has 0 aliphatic heterocycles. The minimum Gasteiger partial charge on any atom is -0.477 e. The first-order chi connectivity index (χ1) is 5.65. The smallest absolute Gasteiger partial charge is 0.352 e. The predicted molar refractivity (Wildman–Crippen MR) is 46.4 cm³/mol. The van der Waals surface area contributed by atoms with Gasteiger partial charge in [-0.05, 0) is 25.0 Å². The number of carboxylic acids is 1. The van der Waals surface area contributed by atoms with Crippen LogP contribution in [0.2, 0.25) is 0 Å². The third-order valence-corrected chi connectivity index (χ3v) is 1.72. The van der Waals surface area contributed by atoms with E-state index in [1.807, 2.05) is 20.0 Å². The van der Waals surface area contributed by atoms with Crippen molar-refractivity contribution in [1.29, 1.82) is 0 Å². The van der Waals surface area contributed by atoms with Crippen molar-refractivity contribution in [3.8, 4) is 0 Å². The summed E-state index contributed by atoms with van der Waals surface area (Å²) in [6, 6.07) is 1.69. The molecule has 0 aromatic carbocycles. The van der Waals surface area contributed by atoms with E-state index in [1.54, 1.807) is 10.6 Å². The van der Waals surface area contributed by atoms with Gasteiger partial charge in [0.2, 0.25) is 0 Å². The minimum atomic E-state index is -0.850. The number of carbonyl (C=O) groups is 1. The van der Waals surface area contributed by atoms with Crippen LogP contribution >= 0.6 is 0 Å². The lowest BCUT2D eigenvalue weighted by atomic mass is 10.3. The van der Waals surface area contributed by atoms with E-state index in [0.717, 1.165) is 18.5 Å². The molecule has 0 saturated carbocycles. The first kappa shape index (κ1) is 8.84. The SMILES string of the molecule is CCCn1cc(C)cc1C(=O)O. The zero-order valence-corrected chi connectivity index (χ0v) is 7.37. The Kier molecular flexibility index (Phi) is 2.53. The molecule has 1 aromatic heterocycles. The first-order valence-corrected chi connectivity index (χ1v) is 4.05. The van der Waals surface area contributed by atoms with E-state index in [1.165, 1.54) is 0 Å². The maximum Gasteiger partial charge on any atom is 0.352 e. The summed E-state index contributed by atoms with van der Waals surface area (Å²) in [6.07, 6.45) is 2.82. The molecule has 1 rings (SSSR count). The molecular formula is C9H13NO2. The summed E-state index contributed by atoms with van der Waals surface area (Å²) in [5.74, 6) is -0.850. The molecule has 3 heteroatoms. The van der Waals surface area contributed by atoms with Gasteiger partial charge in [0.15, 0.2) is 0 Å². The van der Waals surface area contributed by atoms with E-state index in [2.05, 4.69) is 0 Å². The molecule has 1 aromatic rings. The van der Waals surface area contributed by atoms with Crippen molar-refractivity contribution >= 4 is 5.97 Å². The second kappa shape index (κ2) is 3.43. The van der Waals surface area contributed by atoms with Gasteiger partial charge in [-0.15, -0.1) is 0 Å². The van der Waals surface area contributed by atoms with Crippen LogP contribution in [-0.4, -0.2) is 15.6 Å². The molecule has 1 heterocycles. The number of aryl methyl sites for hydroxylation is 2. The summed E-state index contributed by atoms with van der Waals surface area (Å²) >= 11 is 0. The van der Waals surface area contributed by atoms with E-state index in [-0.39, 0.29) is 0 Å². The normalized spacial score (nSPS) is 10.2. The van der Waals surface area contributed by atoms with Gasteiger partial charge in [0.25, 0.3) is 0 Å². The van der Waals surface area contributed by atoms with Crippen molar-refractivity contribution in [2.75, 3.05) is 0 Å². The van der Waals surface area contributed by atoms with Crippen LogP contribution in [0.25, 0.3) is 0 Å². The maximum absolute atomic E-state index is 10.7. The number of hydrogen-bond donors (Lipinski definition) is 1. The fourth-order valence-corrected chi connectivity index (χ4v) is 1.26. The van der Waals surface area contributed by atoms with E-state index in [4.69, 9.17) is 5.11 Å². The van der Waals surface area contributed by atoms with Crippen LogP contribution in [0.4, 0.5) is 0 Å². The monoisotopic (exact) mass is 167 g/mol. The molecule has 0 amide bonds. The van der Waals surface area contributed by atoms with E-state index in [0.29, 0.717) is 5.69 Å². The summed E-state index contributed by atoms with van der Waals surface area (Å²) in [6.45, 7) is 4.70. The van der Waals surface area contributed by atoms with Crippen molar-refractivity contribution in [3.05, 3.63) is 23.5 Å². The molecule has 0 aliphatic carbocycles. The van der Waals surface area contributed by atoms with Crippen LogP contribution in [0, 0.1) is 6.92 Å². The predicted octanol–water partition coefficient (Wildman–Crippen LogP) is 1.90. The number of aromatic nitrogens is 1. The fraction of sp³-hybridized carbons (Fsp3) is 0.444. The maximum atomic E-state index is 10.7. The summed E-state index contributed by atoms with van der Waals surface area (Å²) in [5.41, 5.74) is 1.38. The van der Waals surface area contributed by atoms with E-state index < -0.39 is 5.97 Å². The Balaban J connectivity index is 2.99. The molecule has 3 nitrogen and oxygen atoms in total. The van der Waals surface area contributed by atoms with Crippen molar-refractivity contribution in [2.45, 2.75) is 26.8 Å². The van der Waals surface area contributed by atoms with Gasteiger partial charge in [0.1, 0.15) is 5.69 Å². The second-order valence-electron chi connectivity index (χ2n) is 2.90. The third kappa shape index (κ3) is 1.67. The zero-order chi connectivity index (χ0) is 9.14. The number of carboxylic acid groups (broad SMARTS) is 1. The Morgan fingerprint density at radius 3 is 2.83 bits per heavy atom. The highest BCUT2D eigenvalue weighted by atomic mass is 16.4. The van der Waals surface area contributed by atoms with Crippen LogP contribution in [0.15, 0.2) is 12.3 Å². The summed E-state index contributed by atoms with van der Waals surface area (Å²) < 4.78 is 1.78. The highest BCUT2D eigenvalue weighted by Gasteiger charge is 2.09. The quantitative estimate of drug-likeness (QED) is 0.747. The molecule has 0 atom stereocenters. The molecule has 0 fully saturated rings. The third-order valence-electron chi connectivity index (χ3n) is 1.72. The van der Waals surface area contributed by atoms with Gasteiger partial charge >= 0.3 is 5.97 Å². The van der Waals surface area contributed by atoms with Gasteiger partial charge < -0.3 is 9.67 Å². The van der Waals surface area contributed by atoms with Gasteiger partial charge in [-0.25, -0.2) is 4.79 Å². The van der Waals surface area contributed by atoms with Crippen LogP contribution in [0.3, 0.4) is 0 Å². The molecule has 0 bridgehead atoms. The Labute approximate surface area is 71.6 Å². The lowest BCUT2D eigenvalue weighted by Crippen LogP contribution is -2.06. The summed E-state index contributed by atoms with van der Waals surface area (Å²) in [5, 5.41) is 8.78. The summed E-state index contributed by atoms with van der Waals surface area (Å²) in [4.78, 5) is 10.7. The van der Waals surface area contributed by atoms with E-state index >= 15 is 0 Å². The zero-order valence-electron chi connectivity index (χ0n) is 7.37. The highest BCUT2D eigenvalue weighted by Crippen LogP contribution is 2.08. The summed E-state index contributed by atoms with van der Waals surface area (Å²) in [7, 11) is 0. The second-order valence-corrected chi connectivity index (χ2v) is 2.90. The van der Waals surface area contributed by atoms with Crippen LogP contribution in [0.5, 0.6) is 0 Å². The average Bonchev–Trinajstić information content (AvgIpc) is 2.32. The molecule has 0 saturated heterocycles. The number of hydrogen-bond acceptors (Lipinski definition) is 1. The number of rotatable bonds is 3. The molecule has 0 radical (unpaired) electrons. The molecular weight excluding hydrogens is 154 g/mol. The van der Waals surface area contributed by atoms with Gasteiger partial charge in [-0.1, -0.05) is 6.92 Å². The highest BCUT2D eigenvalue weighted by molar-refractivity contribution is 5.86. The Bertz CT molecular complexity index is 289. The molecule has 1 N–H and O–H groups in total. The van der Waals surface area contributed by atoms with Crippen molar-refractivity contribution in [3.63, 3.8) is 0 Å².